The Hall–Kier alpha value is -3.08. The van der Waals surface area contributed by atoms with Gasteiger partial charge in [0.2, 0.25) is 0 Å². The van der Waals surface area contributed by atoms with Crippen molar-refractivity contribution in [2.45, 2.75) is 0 Å². The first-order valence-electron chi connectivity index (χ1n) is 7.07. The van der Waals surface area contributed by atoms with Crippen molar-refractivity contribution in [3.63, 3.8) is 0 Å². The lowest BCUT2D eigenvalue weighted by atomic mass is 9.92. The highest BCUT2D eigenvalue weighted by atomic mass is 16.4. The van der Waals surface area contributed by atoms with E-state index in [4.69, 9.17) is 16.7 Å². The Morgan fingerprint density at radius 2 is 1.30 bits per heavy atom. The van der Waals surface area contributed by atoms with Gasteiger partial charge in [-0.05, 0) is 29.7 Å². The van der Waals surface area contributed by atoms with E-state index in [9.17, 15) is 9.59 Å². The second-order valence-electron chi connectivity index (χ2n) is 5.56. The fourth-order valence-corrected chi connectivity index (χ4v) is 3.27. The van der Waals surface area contributed by atoms with Gasteiger partial charge in [-0.2, -0.15) is 0 Å². The van der Waals surface area contributed by atoms with Gasteiger partial charge in [-0.25, -0.2) is 9.59 Å². The highest BCUT2D eigenvalue weighted by molar-refractivity contribution is 6.34. The zero-order valence-corrected chi connectivity index (χ0v) is 11.8. The van der Waals surface area contributed by atoms with E-state index in [1.807, 2.05) is 18.2 Å². The fraction of sp³-hybridized carbons (Fsp3) is 0. The number of hydrogen-bond acceptors (Lipinski definition) is 4. The normalized spacial score (nSPS) is 12.0. The quantitative estimate of drug-likeness (QED) is 0.250. The molecule has 0 aliphatic heterocycles. The van der Waals surface area contributed by atoms with E-state index >= 15 is 0 Å². The molecular weight excluding hydrogens is 291 g/mol. The van der Waals surface area contributed by atoms with Crippen molar-refractivity contribution in [3.05, 3.63) is 63.3 Å². The zero-order chi connectivity index (χ0) is 15.7. The van der Waals surface area contributed by atoms with Crippen molar-refractivity contribution in [2.24, 2.45) is 0 Å². The second kappa shape index (κ2) is 4.01. The largest absolute Gasteiger partial charge is 0.456 e. The summed E-state index contributed by atoms with van der Waals surface area (Å²) in [4.78, 5) is 24.0. The fourth-order valence-electron chi connectivity index (χ4n) is 3.27. The smallest absolute Gasteiger partial charge is 0.346 e. The van der Waals surface area contributed by atoms with Crippen LogP contribution in [-0.4, -0.2) is 7.85 Å². The standard InChI is InChI=1S/C18H7BO4/c19-8-1-5-13-12(7-8)9-2-3-10-15-11(18(21)23-17(10)20)4-6-14(22-13)16(9)15/h1-7H. The summed E-state index contributed by atoms with van der Waals surface area (Å²) in [6.45, 7) is 0. The Morgan fingerprint density at radius 3 is 2.09 bits per heavy atom. The summed E-state index contributed by atoms with van der Waals surface area (Å²) < 4.78 is 10.7. The van der Waals surface area contributed by atoms with Gasteiger partial charge >= 0.3 is 11.3 Å². The SMILES string of the molecule is [B]c1ccc2oc3ccc4c(=O)oc(=O)c5ccc(c2c1)c3c45. The van der Waals surface area contributed by atoms with Crippen LogP contribution in [0.15, 0.2) is 60.9 Å². The van der Waals surface area contributed by atoms with Crippen molar-refractivity contribution in [3.8, 4) is 0 Å². The first-order valence-corrected chi connectivity index (χ1v) is 7.07. The molecule has 0 amide bonds. The first-order chi connectivity index (χ1) is 11.1. The Bertz CT molecular complexity index is 1330. The molecule has 2 aromatic heterocycles. The average molecular weight is 298 g/mol. The molecule has 106 valence electrons. The van der Waals surface area contributed by atoms with Crippen LogP contribution in [0.5, 0.6) is 0 Å². The minimum absolute atomic E-state index is 0.371. The van der Waals surface area contributed by atoms with Gasteiger partial charge in [-0.1, -0.05) is 23.7 Å². The second-order valence-corrected chi connectivity index (χ2v) is 5.56. The lowest BCUT2D eigenvalue weighted by molar-refractivity contribution is 0.489. The lowest BCUT2D eigenvalue weighted by Gasteiger charge is -2.11. The van der Waals surface area contributed by atoms with E-state index < -0.39 is 11.3 Å². The Kier molecular flexibility index (Phi) is 2.18. The van der Waals surface area contributed by atoms with Crippen LogP contribution in [0.4, 0.5) is 0 Å². The van der Waals surface area contributed by atoms with Crippen molar-refractivity contribution >= 4 is 56.8 Å². The van der Waals surface area contributed by atoms with Gasteiger partial charge in [0.15, 0.2) is 0 Å². The minimum Gasteiger partial charge on any atom is -0.456 e. The summed E-state index contributed by atoms with van der Waals surface area (Å²) in [6, 6.07) is 12.3. The van der Waals surface area contributed by atoms with Gasteiger partial charge in [-0.15, -0.1) is 0 Å². The maximum Gasteiger partial charge on any atom is 0.346 e. The molecule has 5 heteroatoms. The monoisotopic (exact) mass is 298 g/mol. The van der Waals surface area contributed by atoms with E-state index in [-0.39, 0.29) is 0 Å². The maximum atomic E-state index is 12.0. The van der Waals surface area contributed by atoms with Crippen molar-refractivity contribution < 1.29 is 8.83 Å². The van der Waals surface area contributed by atoms with Gasteiger partial charge in [0.05, 0.1) is 10.8 Å². The summed E-state index contributed by atoms with van der Waals surface area (Å²) in [5, 5.41) is 3.79. The van der Waals surface area contributed by atoms with E-state index in [0.717, 1.165) is 16.2 Å². The van der Waals surface area contributed by atoms with Crippen LogP contribution in [0, 0.1) is 0 Å². The first kappa shape index (κ1) is 12.5. The molecule has 4 nitrogen and oxygen atoms in total. The topological polar surface area (TPSA) is 60.4 Å². The summed E-state index contributed by atoms with van der Waals surface area (Å²) >= 11 is 0. The third-order valence-corrected chi connectivity index (χ3v) is 4.26. The molecule has 3 aromatic carbocycles. The molecule has 0 atom stereocenters. The molecule has 0 spiro atoms. The van der Waals surface area contributed by atoms with Crippen LogP contribution in [0.3, 0.4) is 0 Å². The van der Waals surface area contributed by atoms with Gasteiger partial charge in [0.25, 0.3) is 0 Å². The zero-order valence-electron chi connectivity index (χ0n) is 11.8. The number of hydrogen-bond donors (Lipinski definition) is 0. The Labute approximate surface area is 129 Å². The van der Waals surface area contributed by atoms with Gasteiger partial charge in [-0.3, -0.25) is 0 Å². The number of benzene rings is 3. The third-order valence-electron chi connectivity index (χ3n) is 4.26. The van der Waals surface area contributed by atoms with E-state index in [1.54, 1.807) is 24.3 Å². The van der Waals surface area contributed by atoms with E-state index in [1.165, 1.54) is 0 Å². The highest BCUT2D eigenvalue weighted by Gasteiger charge is 2.17. The van der Waals surface area contributed by atoms with Crippen molar-refractivity contribution in [2.75, 3.05) is 0 Å². The highest BCUT2D eigenvalue weighted by Crippen LogP contribution is 2.36. The molecule has 2 radical (unpaired) electrons. The summed E-state index contributed by atoms with van der Waals surface area (Å²) in [7, 11) is 5.89. The molecule has 0 fully saturated rings. The molecule has 5 rings (SSSR count). The Balaban J connectivity index is 2.23. The van der Waals surface area contributed by atoms with Gasteiger partial charge in [0.1, 0.15) is 19.0 Å². The minimum atomic E-state index is -0.635. The van der Waals surface area contributed by atoms with Crippen LogP contribution < -0.4 is 16.7 Å². The predicted octanol–water partition coefficient (Wildman–Crippen LogP) is 2.44. The molecule has 2 heterocycles. The average Bonchev–Trinajstić information content (AvgIpc) is 2.54. The van der Waals surface area contributed by atoms with Crippen LogP contribution in [0.1, 0.15) is 0 Å². The summed E-state index contributed by atoms with van der Waals surface area (Å²) in [5.41, 5.74) is 0.653. The molecule has 0 saturated heterocycles. The van der Waals surface area contributed by atoms with Crippen molar-refractivity contribution in [1.82, 2.24) is 0 Å². The maximum absolute atomic E-state index is 12.0. The molecule has 0 aliphatic carbocycles. The molecule has 0 saturated carbocycles. The molecule has 0 N–H and O–H groups in total. The molecule has 5 aromatic rings. The van der Waals surface area contributed by atoms with Crippen LogP contribution in [-0.2, 0) is 0 Å². The molecule has 0 bridgehead atoms. The number of rotatable bonds is 0. The van der Waals surface area contributed by atoms with Crippen LogP contribution in [0.25, 0.3) is 43.5 Å². The summed E-state index contributed by atoms with van der Waals surface area (Å²) in [6.07, 6.45) is 0. The van der Waals surface area contributed by atoms with Gasteiger partial charge in [0, 0.05) is 16.2 Å². The van der Waals surface area contributed by atoms with E-state index in [0.29, 0.717) is 32.8 Å². The molecule has 23 heavy (non-hydrogen) atoms. The van der Waals surface area contributed by atoms with Gasteiger partial charge < -0.3 is 8.83 Å². The predicted molar refractivity (Wildman–Crippen MR) is 90.1 cm³/mol. The molecule has 0 aliphatic rings. The third kappa shape index (κ3) is 1.51. The van der Waals surface area contributed by atoms with Crippen LogP contribution >= 0.6 is 0 Å². The molecular formula is C18H7BO4. The lowest BCUT2D eigenvalue weighted by Crippen LogP contribution is -2.12. The van der Waals surface area contributed by atoms with Crippen molar-refractivity contribution in [1.29, 1.82) is 0 Å². The molecule has 0 unspecified atom stereocenters. The number of fused-ring (bicyclic) bond motifs is 2. The summed E-state index contributed by atoms with van der Waals surface area (Å²) in [5.74, 6) is 0. The van der Waals surface area contributed by atoms with Crippen LogP contribution in [0.2, 0.25) is 0 Å². The van der Waals surface area contributed by atoms with E-state index in [2.05, 4.69) is 0 Å². The Morgan fingerprint density at radius 1 is 0.652 bits per heavy atom.